The number of hydrogen-bond donors (Lipinski definition) is 3. The first-order chi connectivity index (χ1) is 13.1. The van der Waals surface area contributed by atoms with Crippen LogP contribution in [0.4, 0.5) is 0 Å². The standard InChI is InChI=1S/C19H24N4O4/c24-11-8-20-17(25)7-6-15-12-16-13-22(9-10-23(16)21-15)19(27)18(26)14-4-2-1-3-5-14/h1-5,12,18,24,26H,6-11,13H2,(H,20,25)/t18-/m0/s1. The second-order valence-electron chi connectivity index (χ2n) is 6.50. The maximum Gasteiger partial charge on any atom is 0.256 e. The molecular formula is C19H24N4O4. The first-order valence-electron chi connectivity index (χ1n) is 9.03. The third kappa shape index (κ3) is 4.72. The van der Waals surface area contributed by atoms with Gasteiger partial charge in [0.1, 0.15) is 0 Å². The number of carbonyl (C=O) groups is 2. The molecule has 0 spiro atoms. The van der Waals surface area contributed by atoms with Crippen molar-refractivity contribution in [3.05, 3.63) is 53.3 Å². The van der Waals surface area contributed by atoms with Crippen LogP contribution in [0.25, 0.3) is 0 Å². The molecule has 0 radical (unpaired) electrons. The third-order valence-corrected chi connectivity index (χ3v) is 4.55. The zero-order valence-corrected chi connectivity index (χ0v) is 15.0. The number of aliphatic hydroxyl groups excluding tert-OH is 2. The molecule has 3 N–H and O–H groups in total. The third-order valence-electron chi connectivity index (χ3n) is 4.55. The van der Waals surface area contributed by atoms with Gasteiger partial charge in [0.25, 0.3) is 5.91 Å². The van der Waals surface area contributed by atoms with Crippen molar-refractivity contribution in [1.29, 1.82) is 0 Å². The Morgan fingerprint density at radius 2 is 2.00 bits per heavy atom. The van der Waals surface area contributed by atoms with Gasteiger partial charge in [-0.2, -0.15) is 5.10 Å². The fourth-order valence-corrected chi connectivity index (χ4v) is 3.11. The molecule has 2 aromatic rings. The summed E-state index contributed by atoms with van der Waals surface area (Å²) in [6.07, 6.45) is -0.376. The number of carbonyl (C=O) groups excluding carboxylic acids is 2. The van der Waals surface area contributed by atoms with Crippen LogP contribution in [-0.2, 0) is 29.1 Å². The second-order valence-corrected chi connectivity index (χ2v) is 6.50. The first kappa shape index (κ1) is 19.1. The van der Waals surface area contributed by atoms with Crippen molar-refractivity contribution in [2.75, 3.05) is 19.7 Å². The summed E-state index contributed by atoms with van der Waals surface area (Å²) in [5, 5.41) is 26.1. The topological polar surface area (TPSA) is 108 Å². The van der Waals surface area contributed by atoms with Crippen LogP contribution in [0.3, 0.4) is 0 Å². The van der Waals surface area contributed by atoms with Crippen LogP contribution in [0.15, 0.2) is 36.4 Å². The molecule has 0 bridgehead atoms. The van der Waals surface area contributed by atoms with Crippen LogP contribution in [0.2, 0.25) is 0 Å². The van der Waals surface area contributed by atoms with Crippen molar-refractivity contribution in [2.45, 2.75) is 32.0 Å². The van der Waals surface area contributed by atoms with Gasteiger partial charge in [-0.15, -0.1) is 0 Å². The van der Waals surface area contributed by atoms with Gasteiger partial charge in [-0.05, 0) is 11.6 Å². The number of hydrogen-bond acceptors (Lipinski definition) is 5. The van der Waals surface area contributed by atoms with E-state index in [2.05, 4.69) is 10.4 Å². The lowest BCUT2D eigenvalue weighted by molar-refractivity contribution is -0.142. The Bertz CT molecular complexity index is 790. The van der Waals surface area contributed by atoms with Crippen molar-refractivity contribution in [3.8, 4) is 0 Å². The Labute approximate surface area is 157 Å². The number of benzene rings is 1. The molecule has 1 aliphatic rings. The lowest BCUT2D eigenvalue weighted by Gasteiger charge is -2.29. The van der Waals surface area contributed by atoms with E-state index in [-0.39, 0.29) is 25.0 Å². The van der Waals surface area contributed by atoms with Crippen molar-refractivity contribution in [3.63, 3.8) is 0 Å². The van der Waals surface area contributed by atoms with Crippen molar-refractivity contribution in [2.24, 2.45) is 0 Å². The quantitative estimate of drug-likeness (QED) is 0.634. The first-order valence-corrected chi connectivity index (χ1v) is 9.03. The van der Waals surface area contributed by atoms with Crippen LogP contribution < -0.4 is 5.32 Å². The van der Waals surface area contributed by atoms with Gasteiger partial charge in [0.2, 0.25) is 5.91 Å². The molecule has 1 aliphatic heterocycles. The summed E-state index contributed by atoms with van der Waals surface area (Å²) in [4.78, 5) is 25.9. The monoisotopic (exact) mass is 372 g/mol. The summed E-state index contributed by atoms with van der Waals surface area (Å²) in [7, 11) is 0. The van der Waals surface area contributed by atoms with Crippen LogP contribution in [0.5, 0.6) is 0 Å². The van der Waals surface area contributed by atoms with E-state index in [1.54, 1.807) is 29.2 Å². The largest absolute Gasteiger partial charge is 0.395 e. The Kier molecular flexibility index (Phi) is 6.20. The maximum absolute atomic E-state index is 12.6. The number of nitrogens with zero attached hydrogens (tertiary/aromatic N) is 3. The van der Waals surface area contributed by atoms with Crippen LogP contribution in [-0.4, -0.2) is 56.4 Å². The van der Waals surface area contributed by atoms with E-state index in [1.807, 2.05) is 16.8 Å². The van der Waals surface area contributed by atoms with E-state index in [4.69, 9.17) is 5.11 Å². The molecule has 0 unspecified atom stereocenters. The molecule has 0 saturated carbocycles. The Morgan fingerprint density at radius 3 is 2.74 bits per heavy atom. The predicted octanol–water partition coefficient (Wildman–Crippen LogP) is -0.000000000000000555. The number of aliphatic hydroxyl groups is 2. The number of rotatable bonds is 7. The highest BCUT2D eigenvalue weighted by molar-refractivity contribution is 5.82. The molecule has 8 heteroatoms. The number of aryl methyl sites for hydroxylation is 1. The number of amides is 2. The van der Waals surface area contributed by atoms with Gasteiger partial charge >= 0.3 is 0 Å². The average molecular weight is 372 g/mol. The normalized spacial score (nSPS) is 14.5. The molecule has 2 heterocycles. The Balaban J connectivity index is 1.59. The summed E-state index contributed by atoms with van der Waals surface area (Å²) in [5.74, 6) is -0.448. The van der Waals surface area contributed by atoms with Crippen molar-refractivity contribution >= 4 is 11.8 Å². The molecule has 2 amide bonds. The Hall–Kier alpha value is -2.71. The van der Waals surface area contributed by atoms with Gasteiger partial charge in [-0.25, -0.2) is 0 Å². The van der Waals surface area contributed by atoms with Crippen molar-refractivity contribution < 1.29 is 19.8 Å². The Morgan fingerprint density at radius 1 is 1.22 bits per heavy atom. The summed E-state index contributed by atoms with van der Waals surface area (Å²) in [6, 6.07) is 10.8. The summed E-state index contributed by atoms with van der Waals surface area (Å²) >= 11 is 0. The minimum Gasteiger partial charge on any atom is -0.395 e. The zero-order valence-electron chi connectivity index (χ0n) is 15.0. The van der Waals surface area contributed by atoms with Crippen LogP contribution in [0, 0.1) is 0 Å². The van der Waals surface area contributed by atoms with Gasteiger partial charge in [0.15, 0.2) is 6.10 Å². The molecule has 3 rings (SSSR count). The van der Waals surface area contributed by atoms with Gasteiger partial charge in [-0.3, -0.25) is 14.3 Å². The van der Waals surface area contributed by atoms with Gasteiger partial charge in [-0.1, -0.05) is 30.3 Å². The lowest BCUT2D eigenvalue weighted by Crippen LogP contribution is -2.40. The van der Waals surface area contributed by atoms with Crippen LogP contribution in [0.1, 0.15) is 29.5 Å². The number of fused-ring (bicyclic) bond motifs is 1. The highest BCUT2D eigenvalue weighted by Gasteiger charge is 2.27. The van der Waals surface area contributed by atoms with Crippen LogP contribution >= 0.6 is 0 Å². The molecule has 0 saturated heterocycles. The summed E-state index contributed by atoms with van der Waals surface area (Å²) < 4.78 is 1.85. The van der Waals surface area contributed by atoms with E-state index in [1.165, 1.54) is 0 Å². The predicted molar refractivity (Wildman–Crippen MR) is 97.5 cm³/mol. The van der Waals surface area contributed by atoms with E-state index in [0.29, 0.717) is 38.0 Å². The van der Waals surface area contributed by atoms with Crippen molar-refractivity contribution in [1.82, 2.24) is 20.0 Å². The van der Waals surface area contributed by atoms with E-state index < -0.39 is 6.10 Å². The average Bonchev–Trinajstić information content (AvgIpc) is 3.12. The number of aromatic nitrogens is 2. The minimum absolute atomic E-state index is 0.0801. The maximum atomic E-state index is 12.6. The molecule has 0 fully saturated rings. The summed E-state index contributed by atoms with van der Waals surface area (Å²) in [5.41, 5.74) is 2.26. The highest BCUT2D eigenvalue weighted by Crippen LogP contribution is 2.20. The van der Waals surface area contributed by atoms with E-state index in [9.17, 15) is 14.7 Å². The SMILES string of the molecule is O=C(CCc1cc2n(n1)CCN(C(=O)[C@@H](O)c1ccccc1)C2)NCCO. The molecule has 1 aromatic heterocycles. The molecule has 1 atom stereocenters. The van der Waals surface area contributed by atoms with E-state index in [0.717, 1.165) is 11.4 Å². The van der Waals surface area contributed by atoms with Gasteiger partial charge < -0.3 is 20.4 Å². The lowest BCUT2D eigenvalue weighted by atomic mass is 10.1. The minimum atomic E-state index is -1.17. The van der Waals surface area contributed by atoms with E-state index >= 15 is 0 Å². The fourth-order valence-electron chi connectivity index (χ4n) is 3.11. The zero-order chi connectivity index (χ0) is 19.2. The molecule has 0 aliphatic carbocycles. The highest BCUT2D eigenvalue weighted by atomic mass is 16.3. The fraction of sp³-hybridized carbons (Fsp3) is 0.421. The summed E-state index contributed by atoms with van der Waals surface area (Å²) in [6.45, 7) is 1.59. The smallest absolute Gasteiger partial charge is 0.256 e. The second kappa shape index (κ2) is 8.79. The number of nitrogens with one attached hydrogen (secondary N) is 1. The van der Waals surface area contributed by atoms with Gasteiger partial charge in [0.05, 0.1) is 31.1 Å². The molecule has 8 nitrogen and oxygen atoms in total. The molecule has 144 valence electrons. The van der Waals surface area contributed by atoms with Gasteiger partial charge in [0, 0.05) is 25.9 Å². The molecule has 1 aromatic carbocycles. The molecule has 27 heavy (non-hydrogen) atoms. The molecular weight excluding hydrogens is 348 g/mol.